The molecule has 0 bridgehead atoms. The van der Waals surface area contributed by atoms with Crippen LogP contribution in [-0.4, -0.2) is 23.2 Å². The highest BCUT2D eigenvalue weighted by atomic mass is 16.3. The van der Waals surface area contributed by atoms with E-state index < -0.39 is 0 Å². The first-order valence-corrected chi connectivity index (χ1v) is 6.10. The molecule has 0 spiro atoms. The van der Waals surface area contributed by atoms with Crippen LogP contribution in [0.15, 0.2) is 17.7 Å². The van der Waals surface area contributed by atoms with Gasteiger partial charge in [-0.3, -0.25) is 0 Å². The van der Waals surface area contributed by atoms with E-state index in [2.05, 4.69) is 22.9 Å². The third-order valence-electron chi connectivity index (χ3n) is 3.24. The summed E-state index contributed by atoms with van der Waals surface area (Å²) in [4.78, 5) is 6.87. The fraction of sp³-hybridized carbons (Fsp3) is 0.500. The molecule has 0 aliphatic carbocycles. The molecule has 1 aromatic heterocycles. The summed E-state index contributed by atoms with van der Waals surface area (Å²) < 4.78 is 0. The topological polar surface area (TPSA) is 36.4 Å². The summed E-state index contributed by atoms with van der Waals surface area (Å²) in [6.45, 7) is 8.16. The molecule has 1 N–H and O–H groups in total. The van der Waals surface area contributed by atoms with E-state index in [9.17, 15) is 5.11 Å². The minimum atomic E-state index is 0.0632. The van der Waals surface area contributed by atoms with Crippen molar-refractivity contribution in [3.05, 3.63) is 34.5 Å². The van der Waals surface area contributed by atoms with E-state index in [1.165, 1.54) is 5.57 Å². The molecule has 1 aromatic rings. The SMILES string of the molecule is CC1=CCCN(c2nc(C)cc(C)c2CO)C1. The Kier molecular flexibility index (Phi) is 3.48. The summed E-state index contributed by atoms with van der Waals surface area (Å²) in [5, 5.41) is 9.51. The van der Waals surface area contributed by atoms with Crippen molar-refractivity contribution in [2.75, 3.05) is 18.0 Å². The van der Waals surface area contributed by atoms with Crippen LogP contribution in [0.3, 0.4) is 0 Å². The Labute approximate surface area is 103 Å². The van der Waals surface area contributed by atoms with E-state index >= 15 is 0 Å². The van der Waals surface area contributed by atoms with Crippen LogP contribution in [0.4, 0.5) is 5.82 Å². The van der Waals surface area contributed by atoms with Crippen molar-refractivity contribution in [3.63, 3.8) is 0 Å². The second kappa shape index (κ2) is 4.88. The Hall–Kier alpha value is -1.35. The highest BCUT2D eigenvalue weighted by Crippen LogP contribution is 2.25. The maximum Gasteiger partial charge on any atom is 0.134 e. The lowest BCUT2D eigenvalue weighted by molar-refractivity contribution is 0.280. The molecule has 0 aromatic carbocycles. The van der Waals surface area contributed by atoms with Gasteiger partial charge in [-0.1, -0.05) is 11.6 Å². The molecule has 2 rings (SSSR count). The summed E-state index contributed by atoms with van der Waals surface area (Å²) in [6, 6.07) is 2.03. The van der Waals surface area contributed by atoms with Gasteiger partial charge in [0.1, 0.15) is 5.82 Å². The Morgan fingerprint density at radius 1 is 1.35 bits per heavy atom. The predicted molar refractivity (Wildman–Crippen MR) is 70.2 cm³/mol. The van der Waals surface area contributed by atoms with Crippen molar-refractivity contribution in [1.82, 2.24) is 4.98 Å². The average Bonchev–Trinajstić information content (AvgIpc) is 2.28. The van der Waals surface area contributed by atoms with Crippen LogP contribution in [0.25, 0.3) is 0 Å². The van der Waals surface area contributed by atoms with E-state index in [-0.39, 0.29) is 6.61 Å². The minimum absolute atomic E-state index is 0.0632. The molecule has 1 aliphatic heterocycles. The maximum absolute atomic E-state index is 9.51. The van der Waals surface area contributed by atoms with Gasteiger partial charge in [-0.15, -0.1) is 0 Å². The van der Waals surface area contributed by atoms with Gasteiger partial charge in [0.25, 0.3) is 0 Å². The number of anilines is 1. The Bertz CT molecular complexity index is 452. The van der Waals surface area contributed by atoms with Crippen LogP contribution in [0, 0.1) is 13.8 Å². The van der Waals surface area contributed by atoms with Crippen LogP contribution >= 0.6 is 0 Å². The van der Waals surface area contributed by atoms with Gasteiger partial charge in [0.2, 0.25) is 0 Å². The number of aliphatic hydroxyl groups excluding tert-OH is 1. The van der Waals surface area contributed by atoms with E-state index in [1.807, 2.05) is 19.9 Å². The molecule has 0 atom stereocenters. The predicted octanol–water partition coefficient (Wildman–Crippen LogP) is 2.35. The monoisotopic (exact) mass is 232 g/mol. The van der Waals surface area contributed by atoms with Crippen LogP contribution in [0.5, 0.6) is 0 Å². The van der Waals surface area contributed by atoms with Gasteiger partial charge in [-0.05, 0) is 38.8 Å². The zero-order chi connectivity index (χ0) is 12.4. The van der Waals surface area contributed by atoms with Gasteiger partial charge < -0.3 is 10.0 Å². The molecule has 0 saturated carbocycles. The highest BCUT2D eigenvalue weighted by Gasteiger charge is 2.17. The largest absolute Gasteiger partial charge is 0.392 e. The number of pyridine rings is 1. The lowest BCUT2D eigenvalue weighted by Gasteiger charge is -2.29. The smallest absolute Gasteiger partial charge is 0.134 e. The highest BCUT2D eigenvalue weighted by molar-refractivity contribution is 5.52. The van der Waals surface area contributed by atoms with E-state index in [0.717, 1.165) is 42.1 Å². The number of aryl methyl sites for hydroxylation is 2. The first-order valence-electron chi connectivity index (χ1n) is 6.10. The van der Waals surface area contributed by atoms with Crippen molar-refractivity contribution < 1.29 is 5.11 Å². The van der Waals surface area contributed by atoms with Crippen molar-refractivity contribution in [1.29, 1.82) is 0 Å². The van der Waals surface area contributed by atoms with Gasteiger partial charge in [-0.25, -0.2) is 4.98 Å². The van der Waals surface area contributed by atoms with Crippen LogP contribution in [-0.2, 0) is 6.61 Å². The summed E-state index contributed by atoms with van der Waals surface area (Å²) in [5.41, 5.74) is 4.48. The van der Waals surface area contributed by atoms with Crippen LogP contribution in [0.2, 0.25) is 0 Å². The summed E-state index contributed by atoms with van der Waals surface area (Å²) >= 11 is 0. The number of hydrogen-bond donors (Lipinski definition) is 1. The van der Waals surface area contributed by atoms with E-state index in [4.69, 9.17) is 0 Å². The number of hydrogen-bond acceptors (Lipinski definition) is 3. The maximum atomic E-state index is 9.51. The first kappa shape index (κ1) is 12.1. The van der Waals surface area contributed by atoms with Crippen molar-refractivity contribution in [2.24, 2.45) is 0 Å². The number of nitrogens with zero attached hydrogens (tertiary/aromatic N) is 2. The molecule has 0 saturated heterocycles. The third kappa shape index (κ3) is 2.50. The molecule has 92 valence electrons. The van der Waals surface area contributed by atoms with E-state index in [1.54, 1.807) is 0 Å². The summed E-state index contributed by atoms with van der Waals surface area (Å²) in [6.07, 6.45) is 3.34. The quantitative estimate of drug-likeness (QED) is 0.795. The normalized spacial score (nSPS) is 16.0. The molecule has 0 amide bonds. The van der Waals surface area contributed by atoms with E-state index in [0.29, 0.717) is 0 Å². The van der Waals surface area contributed by atoms with Gasteiger partial charge in [-0.2, -0.15) is 0 Å². The van der Waals surface area contributed by atoms with Crippen molar-refractivity contribution in [3.8, 4) is 0 Å². The molecular formula is C14H20N2O. The number of rotatable bonds is 2. The molecule has 0 fully saturated rings. The lowest BCUT2D eigenvalue weighted by atomic mass is 10.1. The fourth-order valence-electron chi connectivity index (χ4n) is 2.39. The van der Waals surface area contributed by atoms with Crippen LogP contribution < -0.4 is 4.90 Å². The van der Waals surface area contributed by atoms with Crippen molar-refractivity contribution >= 4 is 5.82 Å². The van der Waals surface area contributed by atoms with Gasteiger partial charge >= 0.3 is 0 Å². The number of aliphatic hydroxyl groups is 1. The second-order valence-electron chi connectivity index (χ2n) is 4.80. The third-order valence-corrected chi connectivity index (χ3v) is 3.24. The number of aromatic nitrogens is 1. The molecule has 17 heavy (non-hydrogen) atoms. The van der Waals surface area contributed by atoms with Crippen molar-refractivity contribution in [2.45, 2.75) is 33.8 Å². The minimum Gasteiger partial charge on any atom is -0.392 e. The Morgan fingerprint density at radius 2 is 2.12 bits per heavy atom. The molecule has 0 unspecified atom stereocenters. The van der Waals surface area contributed by atoms with Gasteiger partial charge in [0.05, 0.1) is 6.61 Å². The Morgan fingerprint density at radius 3 is 2.76 bits per heavy atom. The molecule has 3 nitrogen and oxygen atoms in total. The zero-order valence-corrected chi connectivity index (χ0v) is 10.8. The standard InChI is InChI=1S/C14H20N2O/c1-10-5-4-6-16(8-10)14-13(9-17)11(2)7-12(3)15-14/h5,7,17H,4,6,8-9H2,1-3H3. The first-order chi connectivity index (χ1) is 8.11. The molecular weight excluding hydrogens is 212 g/mol. The lowest BCUT2D eigenvalue weighted by Crippen LogP contribution is -2.31. The summed E-state index contributed by atoms with van der Waals surface area (Å²) in [7, 11) is 0. The summed E-state index contributed by atoms with van der Waals surface area (Å²) in [5.74, 6) is 0.956. The second-order valence-corrected chi connectivity index (χ2v) is 4.80. The van der Waals surface area contributed by atoms with Gasteiger partial charge in [0.15, 0.2) is 0 Å². The molecule has 1 aliphatic rings. The molecule has 3 heteroatoms. The van der Waals surface area contributed by atoms with Gasteiger partial charge in [0, 0.05) is 24.3 Å². The zero-order valence-electron chi connectivity index (χ0n) is 10.8. The fourth-order valence-corrected chi connectivity index (χ4v) is 2.39. The van der Waals surface area contributed by atoms with Crippen LogP contribution in [0.1, 0.15) is 30.2 Å². The molecule has 0 radical (unpaired) electrons. The average molecular weight is 232 g/mol. The Balaban J connectivity index is 2.40. The molecule has 2 heterocycles.